The average molecular weight is 333 g/mol. The lowest BCUT2D eigenvalue weighted by Crippen LogP contribution is -2.36. The predicted molar refractivity (Wildman–Crippen MR) is 89.1 cm³/mol. The van der Waals surface area contributed by atoms with Crippen molar-refractivity contribution in [3.8, 4) is 11.5 Å². The van der Waals surface area contributed by atoms with Crippen LogP contribution in [0.25, 0.3) is 0 Å². The molecule has 0 N–H and O–H groups in total. The Morgan fingerprint density at radius 1 is 1.21 bits per heavy atom. The van der Waals surface area contributed by atoms with E-state index in [9.17, 15) is 9.59 Å². The highest BCUT2D eigenvalue weighted by Gasteiger charge is 2.34. The quantitative estimate of drug-likeness (QED) is 0.483. The zero-order chi connectivity index (χ0) is 17.9. The summed E-state index contributed by atoms with van der Waals surface area (Å²) in [6, 6.07) is 6.90. The third-order valence-electron chi connectivity index (χ3n) is 3.26. The van der Waals surface area contributed by atoms with Crippen molar-refractivity contribution in [1.29, 1.82) is 0 Å². The minimum absolute atomic E-state index is 0.335. The van der Waals surface area contributed by atoms with E-state index < -0.39 is 17.7 Å². The van der Waals surface area contributed by atoms with E-state index >= 15 is 0 Å². The summed E-state index contributed by atoms with van der Waals surface area (Å²) >= 11 is 0. The zero-order valence-corrected chi connectivity index (χ0v) is 14.5. The normalized spacial score (nSPS) is 17.6. The van der Waals surface area contributed by atoms with Crippen LogP contribution in [-0.4, -0.2) is 41.8 Å². The minimum Gasteiger partial charge on any atom is -0.480 e. The number of likely N-dealkylation sites (tertiary alicyclic amines) is 1. The molecule has 0 radical (unpaired) electrons. The van der Waals surface area contributed by atoms with Gasteiger partial charge in [-0.2, -0.15) is 0 Å². The highest BCUT2D eigenvalue weighted by atomic mass is 16.6. The molecule has 1 atom stereocenters. The number of ether oxygens (including phenoxy) is 3. The van der Waals surface area contributed by atoms with Crippen LogP contribution >= 0.6 is 0 Å². The first-order valence-electron chi connectivity index (χ1n) is 7.75. The fourth-order valence-corrected chi connectivity index (χ4v) is 2.27. The Bertz CT molecular complexity index is 647. The largest absolute Gasteiger partial charge is 0.480 e. The summed E-state index contributed by atoms with van der Waals surface area (Å²) < 4.78 is 16.4. The molecule has 24 heavy (non-hydrogen) atoms. The Balaban J connectivity index is 2.05. The molecular formula is C18H23NO5. The van der Waals surface area contributed by atoms with Crippen molar-refractivity contribution in [3.63, 3.8) is 0 Å². The van der Waals surface area contributed by atoms with E-state index in [1.165, 1.54) is 6.92 Å². The van der Waals surface area contributed by atoms with Gasteiger partial charge in [0.25, 0.3) is 0 Å². The molecule has 6 heteroatoms. The molecule has 0 saturated carbocycles. The molecule has 1 aromatic rings. The molecule has 0 aliphatic carbocycles. The van der Waals surface area contributed by atoms with Gasteiger partial charge in [0.15, 0.2) is 11.5 Å². The first-order valence-corrected chi connectivity index (χ1v) is 7.75. The lowest BCUT2D eigenvalue weighted by molar-refractivity contribution is -0.132. The lowest BCUT2D eigenvalue weighted by Gasteiger charge is -2.24. The number of amides is 1. The second-order valence-corrected chi connectivity index (χ2v) is 6.67. The van der Waals surface area contributed by atoms with Gasteiger partial charge in [-0.15, -0.1) is 0 Å². The number of carbonyl (C=O) groups excluding carboxylic acids is 2. The van der Waals surface area contributed by atoms with Crippen molar-refractivity contribution in [2.24, 2.45) is 0 Å². The number of esters is 1. The fraction of sp³-hybridized carbons (Fsp3) is 0.444. The molecule has 0 bridgehead atoms. The first-order chi connectivity index (χ1) is 11.2. The molecule has 1 saturated heterocycles. The van der Waals surface area contributed by atoms with Gasteiger partial charge in [0.05, 0.1) is 6.54 Å². The SMILES string of the molecule is C=C1CN(C(=O)OC(C)(C)C)C[C@@H]1Oc1ccccc1OC(C)=O. The van der Waals surface area contributed by atoms with Crippen LogP contribution in [0.2, 0.25) is 0 Å². The van der Waals surface area contributed by atoms with Gasteiger partial charge in [-0.3, -0.25) is 4.79 Å². The van der Waals surface area contributed by atoms with Gasteiger partial charge in [0.2, 0.25) is 0 Å². The van der Waals surface area contributed by atoms with Gasteiger partial charge in [0, 0.05) is 13.5 Å². The van der Waals surface area contributed by atoms with Gasteiger partial charge in [0.1, 0.15) is 11.7 Å². The highest BCUT2D eigenvalue weighted by molar-refractivity contribution is 5.70. The number of nitrogens with zero attached hydrogens (tertiary/aromatic N) is 1. The fourth-order valence-electron chi connectivity index (χ4n) is 2.27. The minimum atomic E-state index is -0.556. The third kappa shape index (κ3) is 4.75. The number of rotatable bonds is 3. The van der Waals surface area contributed by atoms with Crippen molar-refractivity contribution >= 4 is 12.1 Å². The van der Waals surface area contributed by atoms with Crippen LogP contribution < -0.4 is 9.47 Å². The van der Waals surface area contributed by atoms with Crippen molar-refractivity contribution in [1.82, 2.24) is 4.90 Å². The van der Waals surface area contributed by atoms with Crippen LogP contribution in [0.1, 0.15) is 27.7 Å². The number of para-hydroxylation sites is 2. The Labute approximate surface area is 142 Å². The molecule has 0 spiro atoms. The number of benzene rings is 1. The molecule has 6 nitrogen and oxygen atoms in total. The molecule has 0 unspecified atom stereocenters. The highest BCUT2D eigenvalue weighted by Crippen LogP contribution is 2.30. The van der Waals surface area contributed by atoms with Gasteiger partial charge in [-0.25, -0.2) is 4.79 Å². The number of hydrogen-bond donors (Lipinski definition) is 0. The summed E-state index contributed by atoms with van der Waals surface area (Å²) in [5.41, 5.74) is 0.206. The van der Waals surface area contributed by atoms with Crippen molar-refractivity contribution in [2.75, 3.05) is 13.1 Å². The van der Waals surface area contributed by atoms with Crippen molar-refractivity contribution < 1.29 is 23.8 Å². The summed E-state index contributed by atoms with van der Waals surface area (Å²) in [6.45, 7) is 11.5. The molecular weight excluding hydrogens is 310 g/mol. The summed E-state index contributed by atoms with van der Waals surface area (Å²) in [4.78, 5) is 24.9. The molecule has 1 aliphatic rings. The van der Waals surface area contributed by atoms with E-state index in [4.69, 9.17) is 14.2 Å². The van der Waals surface area contributed by atoms with E-state index in [0.717, 1.165) is 5.57 Å². The maximum atomic E-state index is 12.2. The standard InChI is InChI=1S/C18H23NO5/c1-12-10-19(17(21)24-18(3,4)5)11-16(12)23-15-9-7-6-8-14(15)22-13(2)20/h6-9,16H,1,10-11H2,2-5H3/t16-/m0/s1. The number of hydrogen-bond acceptors (Lipinski definition) is 5. The number of carbonyl (C=O) groups is 2. The van der Waals surface area contributed by atoms with E-state index in [-0.39, 0.29) is 6.10 Å². The Kier molecular flexibility index (Phi) is 5.17. The maximum Gasteiger partial charge on any atom is 0.410 e. The van der Waals surface area contributed by atoms with E-state index in [1.54, 1.807) is 29.2 Å². The Hall–Kier alpha value is -2.50. The molecule has 1 fully saturated rings. The van der Waals surface area contributed by atoms with Crippen LogP contribution in [0.5, 0.6) is 11.5 Å². The monoisotopic (exact) mass is 333 g/mol. The Morgan fingerprint density at radius 3 is 2.42 bits per heavy atom. The average Bonchev–Trinajstić information content (AvgIpc) is 2.80. The molecule has 1 aromatic carbocycles. The van der Waals surface area contributed by atoms with Gasteiger partial charge < -0.3 is 19.1 Å². The van der Waals surface area contributed by atoms with Crippen LogP contribution in [0.15, 0.2) is 36.4 Å². The molecule has 1 heterocycles. The van der Waals surface area contributed by atoms with Crippen molar-refractivity contribution in [2.45, 2.75) is 39.4 Å². The second kappa shape index (κ2) is 6.95. The zero-order valence-electron chi connectivity index (χ0n) is 14.5. The third-order valence-corrected chi connectivity index (χ3v) is 3.26. The van der Waals surface area contributed by atoms with E-state index in [1.807, 2.05) is 20.8 Å². The van der Waals surface area contributed by atoms with Crippen LogP contribution in [0.4, 0.5) is 4.79 Å². The van der Waals surface area contributed by atoms with Gasteiger partial charge in [-0.1, -0.05) is 18.7 Å². The molecule has 1 amide bonds. The summed E-state index contributed by atoms with van der Waals surface area (Å²) in [6.07, 6.45) is -0.780. The second-order valence-electron chi connectivity index (χ2n) is 6.67. The first kappa shape index (κ1) is 17.8. The summed E-state index contributed by atoms with van der Waals surface area (Å²) in [7, 11) is 0. The van der Waals surface area contributed by atoms with E-state index in [0.29, 0.717) is 24.6 Å². The summed E-state index contributed by atoms with van der Waals surface area (Å²) in [5, 5.41) is 0. The predicted octanol–water partition coefficient (Wildman–Crippen LogP) is 3.17. The summed E-state index contributed by atoms with van der Waals surface area (Å²) in [5.74, 6) is 0.352. The smallest absolute Gasteiger partial charge is 0.410 e. The van der Waals surface area contributed by atoms with Gasteiger partial charge in [-0.05, 0) is 38.5 Å². The molecule has 130 valence electrons. The van der Waals surface area contributed by atoms with Crippen molar-refractivity contribution in [3.05, 3.63) is 36.4 Å². The van der Waals surface area contributed by atoms with Crippen LogP contribution in [0, 0.1) is 0 Å². The molecule has 0 aromatic heterocycles. The van der Waals surface area contributed by atoms with Crippen LogP contribution in [0.3, 0.4) is 0 Å². The maximum absolute atomic E-state index is 12.2. The lowest BCUT2D eigenvalue weighted by atomic mass is 10.2. The molecule has 2 rings (SSSR count). The molecule has 1 aliphatic heterocycles. The van der Waals surface area contributed by atoms with Crippen LogP contribution in [-0.2, 0) is 9.53 Å². The van der Waals surface area contributed by atoms with Gasteiger partial charge >= 0.3 is 12.1 Å². The Morgan fingerprint density at radius 2 is 1.83 bits per heavy atom. The van der Waals surface area contributed by atoms with E-state index in [2.05, 4.69) is 6.58 Å². The topological polar surface area (TPSA) is 65.1 Å².